The van der Waals surface area contributed by atoms with Crippen LogP contribution in [0, 0.1) is 0 Å². The highest BCUT2D eigenvalue weighted by molar-refractivity contribution is 7.92. The number of rotatable bonds is 6. The van der Waals surface area contributed by atoms with Crippen molar-refractivity contribution in [1.29, 1.82) is 0 Å². The van der Waals surface area contributed by atoms with E-state index in [1.54, 1.807) is 12.1 Å². The molecular formula is C11H17ClN2O2S. The Morgan fingerprint density at radius 2 is 1.94 bits per heavy atom. The number of anilines is 2. The Morgan fingerprint density at radius 3 is 2.53 bits per heavy atom. The van der Waals surface area contributed by atoms with Gasteiger partial charge in [0.1, 0.15) is 0 Å². The molecule has 1 rings (SSSR count). The summed E-state index contributed by atoms with van der Waals surface area (Å²) < 4.78 is 26.1. The van der Waals surface area contributed by atoms with Crippen molar-refractivity contribution in [2.45, 2.75) is 6.42 Å². The number of halogens is 1. The van der Waals surface area contributed by atoms with Crippen molar-refractivity contribution in [3.8, 4) is 0 Å². The van der Waals surface area contributed by atoms with Crippen molar-refractivity contribution in [2.24, 2.45) is 0 Å². The molecule has 0 saturated carbocycles. The summed E-state index contributed by atoms with van der Waals surface area (Å²) in [5, 5.41) is 0. The second-order valence-corrected chi connectivity index (χ2v) is 6.09. The summed E-state index contributed by atoms with van der Waals surface area (Å²) in [7, 11) is 0.420. The molecule has 0 spiro atoms. The largest absolute Gasteiger partial charge is 0.376 e. The Hall–Kier alpha value is -0.940. The van der Waals surface area contributed by atoms with Crippen LogP contribution in [0.2, 0.25) is 0 Å². The number of nitrogens with zero attached hydrogens (tertiary/aromatic N) is 1. The number of benzene rings is 1. The number of sulfonamides is 1. The lowest BCUT2D eigenvalue weighted by atomic mass is 10.2. The molecule has 6 heteroatoms. The number of para-hydroxylation sites is 2. The average molecular weight is 277 g/mol. The van der Waals surface area contributed by atoms with E-state index in [0.717, 1.165) is 5.69 Å². The average Bonchev–Trinajstić information content (AvgIpc) is 2.26. The zero-order valence-electron chi connectivity index (χ0n) is 9.98. The number of hydrogen-bond acceptors (Lipinski definition) is 3. The summed E-state index contributed by atoms with van der Waals surface area (Å²) in [6, 6.07) is 7.27. The lowest BCUT2D eigenvalue weighted by Crippen LogP contribution is -2.19. The second-order valence-electron chi connectivity index (χ2n) is 3.88. The monoisotopic (exact) mass is 276 g/mol. The summed E-state index contributed by atoms with van der Waals surface area (Å²) in [6.45, 7) is 0. The van der Waals surface area contributed by atoms with Crippen LogP contribution < -0.4 is 9.62 Å². The number of nitrogens with one attached hydrogen (secondary N) is 1. The van der Waals surface area contributed by atoms with Gasteiger partial charge in [-0.2, -0.15) is 0 Å². The number of alkyl halides is 1. The van der Waals surface area contributed by atoms with Crippen molar-refractivity contribution in [1.82, 2.24) is 0 Å². The predicted molar refractivity (Wildman–Crippen MR) is 73.5 cm³/mol. The minimum absolute atomic E-state index is 0.0399. The number of hydrogen-bond donors (Lipinski definition) is 1. The molecule has 1 aromatic carbocycles. The van der Waals surface area contributed by atoms with Crippen molar-refractivity contribution in [2.75, 3.05) is 35.4 Å². The van der Waals surface area contributed by atoms with Gasteiger partial charge in [0.15, 0.2) is 0 Å². The molecule has 0 aliphatic rings. The molecule has 0 aliphatic carbocycles. The third-order valence-corrected chi connectivity index (χ3v) is 3.82. The van der Waals surface area contributed by atoms with Gasteiger partial charge in [0.2, 0.25) is 10.0 Å². The first-order valence-corrected chi connectivity index (χ1v) is 7.48. The summed E-state index contributed by atoms with van der Waals surface area (Å²) in [5.41, 5.74) is 1.43. The molecule has 4 nitrogen and oxygen atoms in total. The summed E-state index contributed by atoms with van der Waals surface area (Å²) >= 11 is 5.49. The smallest absolute Gasteiger partial charge is 0.232 e. The van der Waals surface area contributed by atoms with E-state index in [1.165, 1.54) is 0 Å². The van der Waals surface area contributed by atoms with Gasteiger partial charge >= 0.3 is 0 Å². The van der Waals surface area contributed by atoms with Gasteiger partial charge in [0.25, 0.3) is 0 Å². The van der Waals surface area contributed by atoms with E-state index in [-0.39, 0.29) is 5.75 Å². The summed E-state index contributed by atoms with van der Waals surface area (Å²) in [5.74, 6) is 0.383. The first-order chi connectivity index (χ1) is 7.96. The quantitative estimate of drug-likeness (QED) is 0.810. The molecule has 0 aliphatic heterocycles. The lowest BCUT2D eigenvalue weighted by molar-refractivity contribution is 0.600. The molecule has 0 heterocycles. The highest BCUT2D eigenvalue weighted by Crippen LogP contribution is 2.24. The Morgan fingerprint density at radius 1 is 1.29 bits per heavy atom. The van der Waals surface area contributed by atoms with Crippen LogP contribution in [0.3, 0.4) is 0 Å². The topological polar surface area (TPSA) is 49.4 Å². The van der Waals surface area contributed by atoms with E-state index in [2.05, 4.69) is 4.72 Å². The molecule has 0 unspecified atom stereocenters. The van der Waals surface area contributed by atoms with Crippen LogP contribution in [0.15, 0.2) is 24.3 Å². The third-order valence-electron chi connectivity index (χ3n) is 2.20. The maximum Gasteiger partial charge on any atom is 0.232 e. The summed E-state index contributed by atoms with van der Waals surface area (Å²) in [6.07, 6.45) is 0.445. The fourth-order valence-corrected chi connectivity index (χ4v) is 2.84. The Kier molecular flexibility index (Phi) is 5.08. The first kappa shape index (κ1) is 14.1. The molecule has 1 N–H and O–H groups in total. The van der Waals surface area contributed by atoms with E-state index in [9.17, 15) is 8.42 Å². The SMILES string of the molecule is CN(C)c1ccccc1NS(=O)(=O)CCCCl. The molecule has 1 aromatic rings. The van der Waals surface area contributed by atoms with Gasteiger partial charge in [-0.1, -0.05) is 12.1 Å². The van der Waals surface area contributed by atoms with Gasteiger partial charge in [0.05, 0.1) is 17.1 Å². The van der Waals surface area contributed by atoms with Crippen molar-refractivity contribution >= 4 is 33.0 Å². The van der Waals surface area contributed by atoms with E-state index in [4.69, 9.17) is 11.6 Å². The van der Waals surface area contributed by atoms with Crippen LogP contribution in [0.25, 0.3) is 0 Å². The fourth-order valence-electron chi connectivity index (χ4n) is 1.41. The molecule has 0 saturated heterocycles. The van der Waals surface area contributed by atoms with Gasteiger partial charge in [-0.3, -0.25) is 4.72 Å². The molecule has 0 amide bonds. The van der Waals surface area contributed by atoms with Crippen LogP contribution >= 0.6 is 11.6 Å². The lowest BCUT2D eigenvalue weighted by Gasteiger charge is -2.18. The van der Waals surface area contributed by atoms with E-state index in [0.29, 0.717) is 18.0 Å². The minimum atomic E-state index is -3.31. The van der Waals surface area contributed by atoms with E-state index < -0.39 is 10.0 Å². The van der Waals surface area contributed by atoms with Gasteiger partial charge in [0, 0.05) is 20.0 Å². The van der Waals surface area contributed by atoms with Crippen molar-refractivity contribution in [3.63, 3.8) is 0 Å². The Bertz CT molecular complexity index is 460. The van der Waals surface area contributed by atoms with E-state index in [1.807, 2.05) is 31.1 Å². The third kappa shape index (κ3) is 4.44. The molecule has 0 aromatic heterocycles. The Balaban J connectivity index is 2.88. The minimum Gasteiger partial charge on any atom is -0.376 e. The Labute approximate surface area is 108 Å². The zero-order chi connectivity index (χ0) is 12.9. The van der Waals surface area contributed by atoms with Gasteiger partial charge in [-0.15, -0.1) is 11.6 Å². The van der Waals surface area contributed by atoms with Crippen molar-refractivity contribution < 1.29 is 8.42 Å². The van der Waals surface area contributed by atoms with Gasteiger partial charge in [-0.25, -0.2) is 8.42 Å². The maximum absolute atomic E-state index is 11.7. The normalized spacial score (nSPS) is 11.2. The standard InChI is InChI=1S/C11H17ClN2O2S/c1-14(2)11-7-4-3-6-10(11)13-17(15,16)9-5-8-12/h3-4,6-7,13H,5,8-9H2,1-2H3. The highest BCUT2D eigenvalue weighted by atomic mass is 35.5. The van der Waals surface area contributed by atoms with Crippen LogP contribution in [0.1, 0.15) is 6.42 Å². The van der Waals surface area contributed by atoms with Crippen LogP contribution in [-0.2, 0) is 10.0 Å². The predicted octanol–water partition coefficient (Wildman–Crippen LogP) is 2.12. The molecule has 0 bridgehead atoms. The van der Waals surface area contributed by atoms with Gasteiger partial charge < -0.3 is 4.90 Å². The molecule has 0 atom stereocenters. The molecule has 0 radical (unpaired) electrons. The molecule has 96 valence electrons. The van der Waals surface area contributed by atoms with Gasteiger partial charge in [-0.05, 0) is 18.6 Å². The summed E-state index contributed by atoms with van der Waals surface area (Å²) in [4.78, 5) is 1.86. The van der Waals surface area contributed by atoms with Crippen molar-refractivity contribution in [3.05, 3.63) is 24.3 Å². The first-order valence-electron chi connectivity index (χ1n) is 5.29. The van der Waals surface area contributed by atoms with Crippen LogP contribution in [0.4, 0.5) is 11.4 Å². The molecule has 17 heavy (non-hydrogen) atoms. The zero-order valence-corrected chi connectivity index (χ0v) is 11.6. The van der Waals surface area contributed by atoms with Crippen LogP contribution in [-0.4, -0.2) is 34.1 Å². The fraction of sp³-hybridized carbons (Fsp3) is 0.455. The van der Waals surface area contributed by atoms with E-state index >= 15 is 0 Å². The van der Waals surface area contributed by atoms with Crippen LogP contribution in [0.5, 0.6) is 0 Å². The molecule has 0 fully saturated rings. The maximum atomic E-state index is 11.7. The highest BCUT2D eigenvalue weighted by Gasteiger charge is 2.12. The molecular weight excluding hydrogens is 260 g/mol. The second kappa shape index (κ2) is 6.12.